The first-order valence-corrected chi connectivity index (χ1v) is 8.94. The molecule has 1 aliphatic rings. The number of para-hydroxylation sites is 1. The van der Waals surface area contributed by atoms with Crippen molar-refractivity contribution >= 4 is 17.6 Å². The number of nitrogens with zero attached hydrogens (tertiary/aromatic N) is 2. The molecule has 150 valence electrons. The molecule has 0 amide bonds. The molecule has 0 saturated heterocycles. The van der Waals surface area contributed by atoms with Crippen molar-refractivity contribution in [1.29, 1.82) is 0 Å². The number of hydrogen-bond acceptors (Lipinski definition) is 4. The molecule has 3 aromatic rings. The summed E-state index contributed by atoms with van der Waals surface area (Å²) in [6, 6.07) is 14.7. The van der Waals surface area contributed by atoms with Crippen LogP contribution in [-0.4, -0.2) is 22.9 Å². The zero-order valence-corrected chi connectivity index (χ0v) is 15.7. The Bertz CT molecular complexity index is 1070. The third-order valence-electron chi connectivity index (χ3n) is 4.63. The standard InChI is InChI=1S/C20H14ClF3N2O3/c1-28-19(27)14-15-17(20(22,23)24)25-26(13-8-3-2-4-9-13)18(15)29-16(14)11-6-5-7-12(21)10-11/h2-10,14,16H,1H3/t14-,16+/m0/s1. The number of methoxy groups -OCH3 is 1. The lowest BCUT2D eigenvalue weighted by Crippen LogP contribution is -2.23. The molecule has 0 spiro atoms. The smallest absolute Gasteiger partial charge is 0.435 e. The van der Waals surface area contributed by atoms with E-state index in [1.807, 2.05) is 0 Å². The van der Waals surface area contributed by atoms with Crippen molar-refractivity contribution in [1.82, 2.24) is 9.78 Å². The van der Waals surface area contributed by atoms with Crippen molar-refractivity contribution in [2.24, 2.45) is 0 Å². The van der Waals surface area contributed by atoms with Crippen LogP contribution in [0.15, 0.2) is 54.6 Å². The highest BCUT2D eigenvalue weighted by Crippen LogP contribution is 2.52. The largest absolute Gasteiger partial charge is 0.468 e. The molecule has 0 unspecified atom stereocenters. The van der Waals surface area contributed by atoms with Crippen LogP contribution in [0.25, 0.3) is 5.69 Å². The second-order valence-electron chi connectivity index (χ2n) is 6.41. The predicted molar refractivity (Wildman–Crippen MR) is 98.1 cm³/mol. The number of carbonyl (C=O) groups is 1. The van der Waals surface area contributed by atoms with Gasteiger partial charge in [-0.25, -0.2) is 4.68 Å². The summed E-state index contributed by atoms with van der Waals surface area (Å²) in [5, 5.41) is 4.09. The quantitative estimate of drug-likeness (QED) is 0.561. The van der Waals surface area contributed by atoms with Gasteiger partial charge in [0.1, 0.15) is 12.0 Å². The summed E-state index contributed by atoms with van der Waals surface area (Å²) < 4.78 is 53.1. The van der Waals surface area contributed by atoms with Crippen LogP contribution in [0.4, 0.5) is 13.2 Å². The van der Waals surface area contributed by atoms with E-state index in [-0.39, 0.29) is 11.4 Å². The van der Waals surface area contributed by atoms with Crippen molar-refractivity contribution in [2.45, 2.75) is 18.2 Å². The van der Waals surface area contributed by atoms with Crippen LogP contribution in [0.5, 0.6) is 5.88 Å². The van der Waals surface area contributed by atoms with Gasteiger partial charge in [0.2, 0.25) is 5.88 Å². The second-order valence-corrected chi connectivity index (χ2v) is 6.84. The topological polar surface area (TPSA) is 53.3 Å². The van der Waals surface area contributed by atoms with E-state index in [0.29, 0.717) is 16.3 Å². The van der Waals surface area contributed by atoms with Gasteiger partial charge in [-0.2, -0.15) is 18.3 Å². The molecule has 2 aromatic carbocycles. The fourth-order valence-electron chi connectivity index (χ4n) is 3.41. The number of hydrogen-bond donors (Lipinski definition) is 0. The highest BCUT2D eigenvalue weighted by atomic mass is 35.5. The number of fused-ring (bicyclic) bond motifs is 1. The van der Waals surface area contributed by atoms with E-state index in [2.05, 4.69) is 5.10 Å². The first-order valence-electron chi connectivity index (χ1n) is 8.56. The lowest BCUT2D eigenvalue weighted by molar-refractivity contribution is -0.146. The molecule has 5 nitrogen and oxygen atoms in total. The number of halogens is 4. The van der Waals surface area contributed by atoms with Crippen LogP contribution in [0.2, 0.25) is 5.02 Å². The van der Waals surface area contributed by atoms with Crippen LogP contribution in [-0.2, 0) is 15.7 Å². The average Bonchev–Trinajstić information content (AvgIpc) is 3.25. The average molecular weight is 423 g/mol. The molecule has 2 heterocycles. The maximum absolute atomic E-state index is 13.8. The maximum Gasteiger partial charge on any atom is 0.435 e. The second kappa shape index (κ2) is 7.11. The van der Waals surface area contributed by atoms with E-state index < -0.39 is 29.9 Å². The van der Waals surface area contributed by atoms with Gasteiger partial charge in [0, 0.05) is 5.02 Å². The molecule has 29 heavy (non-hydrogen) atoms. The highest BCUT2D eigenvalue weighted by Gasteiger charge is 2.52. The molecular weight excluding hydrogens is 409 g/mol. The number of carbonyl (C=O) groups excluding carboxylic acids is 1. The SMILES string of the molecule is COC(=O)[C@H]1c2c(C(F)(F)F)nn(-c3ccccc3)c2O[C@@H]1c1cccc(Cl)c1. The molecular formula is C20H14ClF3N2O3. The Morgan fingerprint density at radius 2 is 1.90 bits per heavy atom. The monoisotopic (exact) mass is 422 g/mol. The first kappa shape index (κ1) is 19.3. The Morgan fingerprint density at radius 3 is 2.52 bits per heavy atom. The molecule has 0 bridgehead atoms. The van der Waals surface area contributed by atoms with Crippen molar-refractivity contribution < 1.29 is 27.4 Å². The molecule has 9 heteroatoms. The van der Waals surface area contributed by atoms with Gasteiger partial charge in [0.25, 0.3) is 0 Å². The lowest BCUT2D eigenvalue weighted by Gasteiger charge is -2.19. The minimum absolute atomic E-state index is 0.149. The molecule has 0 saturated carbocycles. The number of benzene rings is 2. The van der Waals surface area contributed by atoms with Crippen molar-refractivity contribution in [3.63, 3.8) is 0 Å². The van der Waals surface area contributed by atoms with E-state index in [0.717, 1.165) is 11.8 Å². The minimum Gasteiger partial charge on any atom is -0.468 e. The van der Waals surface area contributed by atoms with E-state index in [9.17, 15) is 18.0 Å². The number of esters is 1. The summed E-state index contributed by atoms with van der Waals surface area (Å²) in [4.78, 5) is 12.5. The van der Waals surface area contributed by atoms with Crippen molar-refractivity contribution in [2.75, 3.05) is 7.11 Å². The summed E-state index contributed by atoms with van der Waals surface area (Å²) in [7, 11) is 1.12. The highest BCUT2D eigenvalue weighted by molar-refractivity contribution is 6.30. The van der Waals surface area contributed by atoms with Gasteiger partial charge < -0.3 is 9.47 Å². The molecule has 0 fully saturated rings. The fraction of sp³-hybridized carbons (Fsp3) is 0.200. The van der Waals surface area contributed by atoms with Gasteiger partial charge in [-0.3, -0.25) is 4.79 Å². The Kier molecular flexibility index (Phi) is 4.74. The number of aromatic nitrogens is 2. The predicted octanol–water partition coefficient (Wildman–Crippen LogP) is 4.93. The van der Waals surface area contributed by atoms with Gasteiger partial charge in [-0.15, -0.1) is 0 Å². The Morgan fingerprint density at radius 1 is 1.17 bits per heavy atom. The lowest BCUT2D eigenvalue weighted by atomic mass is 9.91. The van der Waals surface area contributed by atoms with Gasteiger partial charge in [-0.1, -0.05) is 41.9 Å². The Labute approximate surface area is 168 Å². The molecule has 0 N–H and O–H groups in total. The summed E-state index contributed by atoms with van der Waals surface area (Å²) >= 11 is 6.03. The third kappa shape index (κ3) is 3.33. The van der Waals surface area contributed by atoms with Crippen LogP contribution in [0.3, 0.4) is 0 Å². The minimum atomic E-state index is -4.79. The Hall–Kier alpha value is -3.00. The van der Waals surface area contributed by atoms with Gasteiger partial charge in [0.15, 0.2) is 5.69 Å². The van der Waals surface area contributed by atoms with Crippen LogP contribution >= 0.6 is 11.6 Å². The van der Waals surface area contributed by atoms with Crippen LogP contribution in [0, 0.1) is 0 Å². The third-order valence-corrected chi connectivity index (χ3v) is 4.87. The zero-order valence-electron chi connectivity index (χ0n) is 15.0. The Balaban J connectivity index is 1.94. The van der Waals surface area contributed by atoms with E-state index >= 15 is 0 Å². The summed E-state index contributed by atoms with van der Waals surface area (Å²) in [6.45, 7) is 0. The normalized spacial score (nSPS) is 18.2. The van der Waals surface area contributed by atoms with Crippen molar-refractivity contribution in [3.05, 3.63) is 76.4 Å². The maximum atomic E-state index is 13.8. The summed E-state index contributed by atoms with van der Waals surface area (Å²) in [5.41, 5.74) is -0.707. The number of alkyl halides is 3. The van der Waals surface area contributed by atoms with Crippen LogP contribution in [0.1, 0.15) is 28.8 Å². The van der Waals surface area contributed by atoms with Crippen LogP contribution < -0.4 is 4.74 Å². The van der Waals surface area contributed by atoms with E-state index in [1.165, 1.54) is 0 Å². The molecule has 0 aliphatic carbocycles. The number of ether oxygens (including phenoxy) is 2. The van der Waals surface area contributed by atoms with Crippen molar-refractivity contribution in [3.8, 4) is 11.6 Å². The van der Waals surface area contributed by atoms with E-state index in [4.69, 9.17) is 21.1 Å². The molecule has 1 aliphatic heterocycles. The zero-order chi connectivity index (χ0) is 20.8. The number of rotatable bonds is 3. The van der Waals surface area contributed by atoms with Gasteiger partial charge in [-0.05, 0) is 29.8 Å². The molecule has 1 aromatic heterocycles. The van der Waals surface area contributed by atoms with Gasteiger partial charge in [0.05, 0.1) is 18.4 Å². The van der Waals surface area contributed by atoms with E-state index in [1.54, 1.807) is 54.6 Å². The fourth-order valence-corrected chi connectivity index (χ4v) is 3.61. The summed E-state index contributed by atoms with van der Waals surface area (Å²) in [6.07, 6.45) is -5.83. The summed E-state index contributed by atoms with van der Waals surface area (Å²) in [5.74, 6) is -2.35. The first-order chi connectivity index (χ1) is 13.8. The molecule has 0 radical (unpaired) electrons. The van der Waals surface area contributed by atoms with Gasteiger partial charge >= 0.3 is 12.1 Å². The molecule has 4 rings (SSSR count). The molecule has 2 atom stereocenters.